The second kappa shape index (κ2) is 4.13. The first-order chi connectivity index (χ1) is 6.45. The van der Waals surface area contributed by atoms with Crippen LogP contribution in [0.2, 0.25) is 0 Å². The van der Waals surface area contributed by atoms with Crippen molar-refractivity contribution < 1.29 is 14.3 Å². The van der Waals surface area contributed by atoms with E-state index in [1.165, 1.54) is 13.2 Å². The number of esters is 1. The predicted octanol–water partition coefficient (Wildman–Crippen LogP) is 2.06. The van der Waals surface area contributed by atoms with E-state index in [0.717, 1.165) is 18.4 Å². The molecule has 1 rings (SSSR count). The quantitative estimate of drug-likeness (QED) is 0.394. The number of rotatable bonds is 4. The highest BCUT2D eigenvalue weighted by Gasteiger charge is 2.46. The largest absolute Gasteiger partial charge is 0.466 e. The van der Waals surface area contributed by atoms with Crippen molar-refractivity contribution in [3.05, 3.63) is 11.6 Å². The fraction of sp³-hybridized carbons (Fsp3) is 0.727. The monoisotopic (exact) mass is 198 g/mol. The number of hydrogen-bond donors (Lipinski definition) is 0. The molecule has 1 fully saturated rings. The van der Waals surface area contributed by atoms with Crippen LogP contribution in [0.3, 0.4) is 0 Å². The van der Waals surface area contributed by atoms with Crippen LogP contribution in [0.25, 0.3) is 0 Å². The first-order valence-corrected chi connectivity index (χ1v) is 4.88. The zero-order valence-electron chi connectivity index (χ0n) is 9.29. The van der Waals surface area contributed by atoms with Gasteiger partial charge in [-0.1, -0.05) is 5.57 Å². The Hall–Kier alpha value is -0.830. The number of ether oxygens (including phenoxy) is 2. The first-order valence-electron chi connectivity index (χ1n) is 4.88. The average Bonchev–Trinajstić information content (AvgIpc) is 2.70. The topological polar surface area (TPSA) is 38.8 Å². The Morgan fingerprint density at radius 3 is 2.57 bits per heavy atom. The van der Waals surface area contributed by atoms with Crippen molar-refractivity contribution in [2.45, 2.75) is 45.3 Å². The van der Waals surface area contributed by atoms with Crippen LogP contribution in [-0.4, -0.2) is 24.8 Å². The van der Waals surface area contributed by atoms with Crippen molar-refractivity contribution in [2.24, 2.45) is 0 Å². The van der Waals surface area contributed by atoms with Crippen LogP contribution in [0.4, 0.5) is 0 Å². The molecule has 0 saturated carbocycles. The molecule has 1 atom stereocenters. The Labute approximate surface area is 85.1 Å². The highest BCUT2D eigenvalue weighted by Crippen LogP contribution is 2.38. The van der Waals surface area contributed by atoms with Crippen molar-refractivity contribution in [3.8, 4) is 0 Å². The smallest absolute Gasteiger partial charge is 0.330 e. The molecule has 0 N–H and O–H groups in total. The predicted molar refractivity (Wildman–Crippen MR) is 54.0 cm³/mol. The molecule has 3 heteroatoms. The number of methoxy groups -OCH3 is 1. The Bertz CT molecular complexity index is 253. The molecule has 3 nitrogen and oxygen atoms in total. The molecule has 1 aliphatic rings. The Morgan fingerprint density at radius 2 is 2.14 bits per heavy atom. The Balaban J connectivity index is 2.25. The fourth-order valence-corrected chi connectivity index (χ4v) is 1.43. The van der Waals surface area contributed by atoms with Gasteiger partial charge in [0.2, 0.25) is 0 Å². The highest BCUT2D eigenvalue weighted by atomic mass is 16.6. The molecule has 1 heterocycles. The molecule has 1 saturated heterocycles. The summed E-state index contributed by atoms with van der Waals surface area (Å²) in [6, 6.07) is 0. The van der Waals surface area contributed by atoms with Crippen LogP contribution >= 0.6 is 0 Å². The van der Waals surface area contributed by atoms with Crippen LogP contribution in [0.1, 0.15) is 33.6 Å². The number of carbonyl (C=O) groups excluding carboxylic acids is 1. The first kappa shape index (κ1) is 11.2. The Morgan fingerprint density at radius 1 is 1.57 bits per heavy atom. The van der Waals surface area contributed by atoms with Gasteiger partial charge in [-0.15, -0.1) is 0 Å². The van der Waals surface area contributed by atoms with Gasteiger partial charge in [0, 0.05) is 6.08 Å². The third-order valence-electron chi connectivity index (χ3n) is 2.53. The van der Waals surface area contributed by atoms with E-state index in [9.17, 15) is 4.79 Å². The lowest BCUT2D eigenvalue weighted by atomic mass is 10.0. The molecule has 0 spiro atoms. The van der Waals surface area contributed by atoms with Crippen LogP contribution in [-0.2, 0) is 14.3 Å². The molecule has 0 aromatic rings. The normalized spacial score (nSPS) is 24.6. The van der Waals surface area contributed by atoms with Gasteiger partial charge in [-0.2, -0.15) is 0 Å². The minimum Gasteiger partial charge on any atom is -0.466 e. The molecule has 0 aliphatic carbocycles. The maximum Gasteiger partial charge on any atom is 0.330 e. The van der Waals surface area contributed by atoms with E-state index in [0.29, 0.717) is 6.10 Å². The van der Waals surface area contributed by atoms with E-state index in [4.69, 9.17) is 4.74 Å². The minimum atomic E-state index is -0.279. The Kier molecular flexibility index (Phi) is 3.32. The lowest BCUT2D eigenvalue weighted by Gasteiger charge is -1.99. The maximum absolute atomic E-state index is 10.9. The molecule has 0 amide bonds. The third-order valence-corrected chi connectivity index (χ3v) is 2.53. The van der Waals surface area contributed by atoms with Crippen LogP contribution < -0.4 is 0 Å². The van der Waals surface area contributed by atoms with Gasteiger partial charge in [0.25, 0.3) is 0 Å². The second-order valence-corrected chi connectivity index (χ2v) is 4.26. The van der Waals surface area contributed by atoms with E-state index in [1.54, 1.807) is 0 Å². The maximum atomic E-state index is 10.9. The molecule has 0 unspecified atom stereocenters. The van der Waals surface area contributed by atoms with Gasteiger partial charge in [-0.05, 0) is 33.6 Å². The summed E-state index contributed by atoms with van der Waals surface area (Å²) in [5.74, 6) is -0.279. The molecule has 80 valence electrons. The summed E-state index contributed by atoms with van der Waals surface area (Å²) < 4.78 is 9.98. The van der Waals surface area contributed by atoms with E-state index < -0.39 is 0 Å². The van der Waals surface area contributed by atoms with Gasteiger partial charge in [-0.3, -0.25) is 0 Å². The highest BCUT2D eigenvalue weighted by molar-refractivity contribution is 5.82. The van der Waals surface area contributed by atoms with Crippen molar-refractivity contribution in [1.29, 1.82) is 0 Å². The van der Waals surface area contributed by atoms with Crippen molar-refractivity contribution >= 4 is 5.97 Å². The molecule has 0 bridgehead atoms. The molecule has 14 heavy (non-hydrogen) atoms. The molecule has 0 aromatic carbocycles. The number of carbonyl (C=O) groups is 1. The molecule has 0 radical (unpaired) electrons. The number of hydrogen-bond acceptors (Lipinski definition) is 3. The summed E-state index contributed by atoms with van der Waals surface area (Å²) >= 11 is 0. The van der Waals surface area contributed by atoms with Crippen LogP contribution in [0, 0.1) is 0 Å². The zero-order valence-corrected chi connectivity index (χ0v) is 9.29. The van der Waals surface area contributed by atoms with Crippen molar-refractivity contribution in [3.63, 3.8) is 0 Å². The van der Waals surface area contributed by atoms with Crippen molar-refractivity contribution in [2.75, 3.05) is 7.11 Å². The second-order valence-electron chi connectivity index (χ2n) is 4.26. The SMILES string of the molecule is COC(=O)/C=C(\C)CC[C@H]1OC1(C)C. The van der Waals surface area contributed by atoms with E-state index in [2.05, 4.69) is 18.6 Å². The zero-order chi connectivity index (χ0) is 10.8. The summed E-state index contributed by atoms with van der Waals surface area (Å²) in [6.45, 7) is 6.10. The molecular weight excluding hydrogens is 180 g/mol. The summed E-state index contributed by atoms with van der Waals surface area (Å²) in [5.41, 5.74) is 1.09. The lowest BCUT2D eigenvalue weighted by Crippen LogP contribution is -2.03. The summed E-state index contributed by atoms with van der Waals surface area (Å²) in [4.78, 5) is 10.9. The molecule has 1 aliphatic heterocycles. The third kappa shape index (κ3) is 3.14. The van der Waals surface area contributed by atoms with Gasteiger partial charge in [-0.25, -0.2) is 4.79 Å². The van der Waals surface area contributed by atoms with Gasteiger partial charge >= 0.3 is 5.97 Å². The van der Waals surface area contributed by atoms with Gasteiger partial charge in [0.1, 0.15) is 0 Å². The van der Waals surface area contributed by atoms with Crippen LogP contribution in [0.15, 0.2) is 11.6 Å². The van der Waals surface area contributed by atoms with Gasteiger partial charge in [0.05, 0.1) is 18.8 Å². The molecular formula is C11H18O3. The van der Waals surface area contributed by atoms with Gasteiger partial charge < -0.3 is 9.47 Å². The van der Waals surface area contributed by atoms with E-state index >= 15 is 0 Å². The van der Waals surface area contributed by atoms with Crippen molar-refractivity contribution in [1.82, 2.24) is 0 Å². The summed E-state index contributed by atoms with van der Waals surface area (Å²) in [6.07, 6.45) is 3.76. The van der Waals surface area contributed by atoms with Crippen LogP contribution in [0.5, 0.6) is 0 Å². The van der Waals surface area contributed by atoms with Gasteiger partial charge in [0.15, 0.2) is 0 Å². The number of epoxide rings is 1. The molecule has 0 aromatic heterocycles. The average molecular weight is 198 g/mol. The lowest BCUT2D eigenvalue weighted by molar-refractivity contribution is -0.134. The summed E-state index contributed by atoms with van der Waals surface area (Å²) in [5, 5.41) is 0. The van der Waals surface area contributed by atoms with E-state index in [1.807, 2.05) is 6.92 Å². The minimum absolute atomic E-state index is 0.0472. The standard InChI is InChI=1S/C11H18O3/c1-8(7-10(12)13-4)5-6-9-11(2,3)14-9/h7,9H,5-6H2,1-4H3/b8-7+/t9-/m1/s1. The summed E-state index contributed by atoms with van der Waals surface area (Å²) in [7, 11) is 1.39. The van der Waals surface area contributed by atoms with E-state index in [-0.39, 0.29) is 11.6 Å². The fourth-order valence-electron chi connectivity index (χ4n) is 1.43. The number of allylic oxidation sites excluding steroid dienone is 1.